The van der Waals surface area contributed by atoms with Gasteiger partial charge in [0.1, 0.15) is 5.82 Å². The summed E-state index contributed by atoms with van der Waals surface area (Å²) < 4.78 is 0. The Bertz CT molecular complexity index is 250. The van der Waals surface area contributed by atoms with Crippen LogP contribution in [0, 0.1) is 5.92 Å². The minimum absolute atomic E-state index is 0.604. The van der Waals surface area contributed by atoms with Gasteiger partial charge in [-0.1, -0.05) is 6.92 Å². The van der Waals surface area contributed by atoms with Crippen molar-refractivity contribution < 1.29 is 0 Å². The molecule has 1 aromatic heterocycles. The third-order valence-corrected chi connectivity index (χ3v) is 2.08. The molecule has 0 aliphatic heterocycles. The number of hydrogen-bond donors (Lipinski definition) is 1. The van der Waals surface area contributed by atoms with Crippen LogP contribution in [0.3, 0.4) is 0 Å². The Balaban J connectivity index is 2.46. The van der Waals surface area contributed by atoms with E-state index in [2.05, 4.69) is 27.1 Å². The molecule has 0 fully saturated rings. The van der Waals surface area contributed by atoms with Crippen LogP contribution in [0.5, 0.6) is 0 Å². The molecule has 1 unspecified atom stereocenters. The highest BCUT2D eigenvalue weighted by Crippen LogP contribution is 2.07. The van der Waals surface area contributed by atoms with Crippen molar-refractivity contribution in [3.63, 3.8) is 0 Å². The zero-order chi connectivity index (χ0) is 10.4. The quantitative estimate of drug-likeness (QED) is 0.751. The molecule has 0 saturated carbocycles. The van der Waals surface area contributed by atoms with Crippen LogP contribution in [-0.4, -0.2) is 37.2 Å². The number of aromatic nitrogens is 2. The summed E-state index contributed by atoms with van der Waals surface area (Å²) in [7, 11) is 4.01. The third-order valence-electron chi connectivity index (χ3n) is 2.08. The summed E-state index contributed by atoms with van der Waals surface area (Å²) in [6.45, 7) is 4.22. The lowest BCUT2D eigenvalue weighted by Crippen LogP contribution is -2.30. The lowest BCUT2D eigenvalue weighted by Gasteiger charge is -2.21. The molecule has 0 spiro atoms. The highest BCUT2D eigenvalue weighted by molar-refractivity contribution is 5.33. The van der Waals surface area contributed by atoms with Gasteiger partial charge in [-0.15, -0.1) is 0 Å². The van der Waals surface area contributed by atoms with Crippen LogP contribution in [0.2, 0.25) is 0 Å². The monoisotopic (exact) mass is 194 g/mol. The Morgan fingerprint density at radius 3 is 2.86 bits per heavy atom. The van der Waals surface area contributed by atoms with Crippen molar-refractivity contribution >= 4 is 5.82 Å². The zero-order valence-electron chi connectivity index (χ0n) is 9.07. The van der Waals surface area contributed by atoms with Crippen LogP contribution in [0.25, 0.3) is 0 Å². The second-order valence-electron chi connectivity index (χ2n) is 3.61. The van der Waals surface area contributed by atoms with E-state index in [-0.39, 0.29) is 0 Å². The van der Waals surface area contributed by atoms with Crippen molar-refractivity contribution in [3.05, 3.63) is 18.6 Å². The van der Waals surface area contributed by atoms with Crippen molar-refractivity contribution in [1.82, 2.24) is 15.3 Å². The summed E-state index contributed by atoms with van der Waals surface area (Å²) in [4.78, 5) is 10.4. The largest absolute Gasteiger partial charge is 0.358 e. The fraction of sp³-hybridized carbons (Fsp3) is 0.600. The molecule has 14 heavy (non-hydrogen) atoms. The Hall–Kier alpha value is -1.16. The number of anilines is 1. The molecule has 4 nitrogen and oxygen atoms in total. The van der Waals surface area contributed by atoms with Gasteiger partial charge in [0, 0.05) is 26.0 Å². The zero-order valence-corrected chi connectivity index (χ0v) is 9.07. The summed E-state index contributed by atoms with van der Waals surface area (Å²) in [5.74, 6) is 1.53. The molecule has 0 saturated heterocycles. The maximum Gasteiger partial charge on any atom is 0.146 e. The number of nitrogens with zero attached hydrogens (tertiary/aromatic N) is 3. The van der Waals surface area contributed by atoms with Gasteiger partial charge in [0.2, 0.25) is 0 Å². The van der Waals surface area contributed by atoms with E-state index in [1.165, 1.54) is 0 Å². The van der Waals surface area contributed by atoms with Gasteiger partial charge >= 0.3 is 0 Å². The molecule has 0 aliphatic rings. The number of rotatable bonds is 5. The van der Waals surface area contributed by atoms with Crippen molar-refractivity contribution in [2.45, 2.75) is 6.92 Å². The summed E-state index contributed by atoms with van der Waals surface area (Å²) in [6.07, 6.45) is 5.19. The number of nitrogens with one attached hydrogen (secondary N) is 1. The normalized spacial score (nSPS) is 12.5. The first-order valence-corrected chi connectivity index (χ1v) is 4.85. The molecule has 1 aromatic rings. The maximum atomic E-state index is 4.23. The Morgan fingerprint density at radius 1 is 1.50 bits per heavy atom. The lowest BCUT2D eigenvalue weighted by atomic mass is 10.2. The average Bonchev–Trinajstić information content (AvgIpc) is 2.19. The standard InChI is InChI=1S/C10H18N4/c1-9(6-11-2)8-14(3)10-7-12-4-5-13-10/h4-5,7,9,11H,6,8H2,1-3H3. The van der Waals surface area contributed by atoms with Gasteiger partial charge in [-0.3, -0.25) is 4.98 Å². The van der Waals surface area contributed by atoms with Crippen molar-refractivity contribution in [3.8, 4) is 0 Å². The summed E-state index contributed by atoms with van der Waals surface area (Å²) in [5.41, 5.74) is 0. The van der Waals surface area contributed by atoms with E-state index >= 15 is 0 Å². The van der Waals surface area contributed by atoms with Crippen molar-refractivity contribution in [2.24, 2.45) is 5.92 Å². The predicted molar refractivity (Wildman–Crippen MR) is 58.4 cm³/mol. The molecule has 1 N–H and O–H groups in total. The number of hydrogen-bond acceptors (Lipinski definition) is 4. The van der Waals surface area contributed by atoms with Crippen LogP contribution in [0.15, 0.2) is 18.6 Å². The van der Waals surface area contributed by atoms with E-state index < -0.39 is 0 Å². The maximum absolute atomic E-state index is 4.23. The van der Waals surface area contributed by atoms with Crippen molar-refractivity contribution in [1.29, 1.82) is 0 Å². The molecule has 1 rings (SSSR count). The van der Waals surface area contributed by atoms with E-state index in [1.807, 2.05) is 14.1 Å². The summed E-state index contributed by atoms with van der Waals surface area (Å²) in [5, 5.41) is 3.16. The van der Waals surface area contributed by atoms with E-state index in [4.69, 9.17) is 0 Å². The molecule has 0 amide bonds. The fourth-order valence-electron chi connectivity index (χ4n) is 1.46. The van der Waals surface area contributed by atoms with E-state index in [9.17, 15) is 0 Å². The molecule has 4 heteroatoms. The van der Waals surface area contributed by atoms with Crippen molar-refractivity contribution in [2.75, 3.05) is 32.1 Å². The third kappa shape index (κ3) is 3.30. The summed E-state index contributed by atoms with van der Waals surface area (Å²) in [6, 6.07) is 0. The lowest BCUT2D eigenvalue weighted by molar-refractivity contribution is 0.540. The first-order valence-electron chi connectivity index (χ1n) is 4.85. The molecule has 1 atom stereocenters. The van der Waals surface area contributed by atoms with Crippen LogP contribution >= 0.6 is 0 Å². The Kier molecular flexibility index (Phi) is 4.32. The second kappa shape index (κ2) is 5.54. The second-order valence-corrected chi connectivity index (χ2v) is 3.61. The molecular formula is C10H18N4. The molecular weight excluding hydrogens is 176 g/mol. The highest BCUT2D eigenvalue weighted by Gasteiger charge is 2.06. The summed E-state index contributed by atoms with van der Waals surface area (Å²) >= 11 is 0. The topological polar surface area (TPSA) is 41.0 Å². The molecule has 1 heterocycles. The first-order chi connectivity index (χ1) is 6.74. The molecule has 0 aromatic carbocycles. The highest BCUT2D eigenvalue weighted by atomic mass is 15.2. The van der Waals surface area contributed by atoms with Crippen LogP contribution in [-0.2, 0) is 0 Å². The van der Waals surface area contributed by atoms with Gasteiger partial charge in [0.15, 0.2) is 0 Å². The predicted octanol–water partition coefficient (Wildman–Crippen LogP) is 0.768. The Labute approximate surface area is 85.4 Å². The SMILES string of the molecule is CNCC(C)CN(C)c1cnccn1. The van der Waals surface area contributed by atoms with Crippen LogP contribution in [0.4, 0.5) is 5.82 Å². The minimum atomic E-state index is 0.604. The minimum Gasteiger partial charge on any atom is -0.358 e. The van der Waals surface area contributed by atoms with Gasteiger partial charge in [-0.25, -0.2) is 4.98 Å². The fourth-order valence-corrected chi connectivity index (χ4v) is 1.46. The van der Waals surface area contributed by atoms with Crippen LogP contribution in [0.1, 0.15) is 6.92 Å². The van der Waals surface area contributed by atoms with Gasteiger partial charge in [0.05, 0.1) is 6.20 Å². The Morgan fingerprint density at radius 2 is 2.29 bits per heavy atom. The molecule has 0 bridgehead atoms. The average molecular weight is 194 g/mol. The van der Waals surface area contributed by atoms with Gasteiger partial charge in [-0.05, 0) is 19.5 Å². The molecule has 0 aliphatic carbocycles. The van der Waals surface area contributed by atoms with Gasteiger partial charge in [-0.2, -0.15) is 0 Å². The van der Waals surface area contributed by atoms with Crippen LogP contribution < -0.4 is 10.2 Å². The molecule has 0 radical (unpaired) electrons. The van der Waals surface area contributed by atoms with Gasteiger partial charge in [0.25, 0.3) is 0 Å². The van der Waals surface area contributed by atoms with Gasteiger partial charge < -0.3 is 10.2 Å². The smallest absolute Gasteiger partial charge is 0.146 e. The molecule has 78 valence electrons. The first kappa shape index (κ1) is 10.9. The van der Waals surface area contributed by atoms with E-state index in [1.54, 1.807) is 18.6 Å². The van der Waals surface area contributed by atoms with E-state index in [0.29, 0.717) is 5.92 Å². The van der Waals surface area contributed by atoms with E-state index in [0.717, 1.165) is 18.9 Å².